The number of H-pyrrole nitrogens is 1. The number of carbonyl (C=O) groups excluding carboxylic acids is 1. The summed E-state index contributed by atoms with van der Waals surface area (Å²) in [4.78, 5) is 20.3. The van der Waals surface area contributed by atoms with Gasteiger partial charge < -0.3 is 15.6 Å². The van der Waals surface area contributed by atoms with Crippen molar-refractivity contribution in [1.29, 1.82) is 0 Å². The van der Waals surface area contributed by atoms with Gasteiger partial charge in [-0.1, -0.05) is 24.3 Å². The molecular weight excluding hydrogens is 324 g/mol. The second-order valence-corrected chi connectivity index (χ2v) is 6.96. The van der Waals surface area contributed by atoms with E-state index in [9.17, 15) is 4.79 Å². The molecule has 0 spiro atoms. The summed E-state index contributed by atoms with van der Waals surface area (Å²) in [5.74, 6) is 1.58. The number of aromatic amines is 1. The predicted molar refractivity (Wildman–Crippen MR) is 105 cm³/mol. The van der Waals surface area contributed by atoms with Gasteiger partial charge in [-0.3, -0.25) is 4.79 Å². The third-order valence-corrected chi connectivity index (χ3v) is 5.05. The molecule has 0 radical (unpaired) electrons. The maximum atomic E-state index is 12.3. The summed E-state index contributed by atoms with van der Waals surface area (Å²) < 4.78 is 0. The molecule has 26 heavy (non-hydrogen) atoms. The van der Waals surface area contributed by atoms with Crippen LogP contribution in [-0.4, -0.2) is 29.0 Å². The van der Waals surface area contributed by atoms with E-state index in [1.165, 1.54) is 12.8 Å². The van der Waals surface area contributed by atoms with Crippen molar-refractivity contribution in [2.75, 3.05) is 18.4 Å². The van der Waals surface area contributed by atoms with Crippen molar-refractivity contribution in [3.05, 3.63) is 48.5 Å². The van der Waals surface area contributed by atoms with E-state index < -0.39 is 0 Å². The maximum absolute atomic E-state index is 12.3. The number of para-hydroxylation sites is 2. The Kier molecular flexibility index (Phi) is 4.97. The molecule has 1 amide bonds. The SMILES string of the molecule is O=C(CCC1CCNCC1)Nc1cccc(-c2nc3ccccc3[nH]2)c1. The molecule has 5 heteroatoms. The lowest BCUT2D eigenvalue weighted by Gasteiger charge is -2.22. The first-order chi connectivity index (χ1) is 12.8. The third-order valence-electron chi connectivity index (χ3n) is 5.05. The monoisotopic (exact) mass is 348 g/mol. The number of anilines is 1. The Balaban J connectivity index is 1.41. The number of nitrogens with one attached hydrogen (secondary N) is 3. The van der Waals surface area contributed by atoms with Crippen LogP contribution in [-0.2, 0) is 4.79 Å². The quantitative estimate of drug-likeness (QED) is 0.654. The Labute approximate surface area is 153 Å². The van der Waals surface area contributed by atoms with Gasteiger partial charge in [-0.05, 0) is 62.5 Å². The molecule has 2 aromatic carbocycles. The lowest BCUT2D eigenvalue weighted by atomic mass is 9.93. The van der Waals surface area contributed by atoms with E-state index in [2.05, 4.69) is 20.6 Å². The van der Waals surface area contributed by atoms with Gasteiger partial charge in [-0.2, -0.15) is 0 Å². The fraction of sp³-hybridized carbons (Fsp3) is 0.333. The molecule has 1 saturated heterocycles. The smallest absolute Gasteiger partial charge is 0.224 e. The molecule has 3 aromatic rings. The summed E-state index contributed by atoms with van der Waals surface area (Å²) >= 11 is 0. The van der Waals surface area contributed by atoms with Crippen molar-refractivity contribution in [3.63, 3.8) is 0 Å². The zero-order valence-corrected chi connectivity index (χ0v) is 14.8. The molecule has 1 aliphatic rings. The summed E-state index contributed by atoms with van der Waals surface area (Å²) in [7, 11) is 0. The van der Waals surface area contributed by atoms with E-state index in [0.29, 0.717) is 12.3 Å². The van der Waals surface area contributed by atoms with Gasteiger partial charge in [0, 0.05) is 17.7 Å². The van der Waals surface area contributed by atoms with Crippen molar-refractivity contribution >= 4 is 22.6 Å². The number of hydrogen-bond acceptors (Lipinski definition) is 3. The van der Waals surface area contributed by atoms with Gasteiger partial charge in [-0.15, -0.1) is 0 Å². The lowest BCUT2D eigenvalue weighted by molar-refractivity contribution is -0.116. The van der Waals surface area contributed by atoms with E-state index >= 15 is 0 Å². The van der Waals surface area contributed by atoms with Crippen LogP contribution in [0.15, 0.2) is 48.5 Å². The van der Waals surface area contributed by atoms with Crippen LogP contribution in [0.4, 0.5) is 5.69 Å². The van der Waals surface area contributed by atoms with Gasteiger partial charge in [0.1, 0.15) is 5.82 Å². The van der Waals surface area contributed by atoms with E-state index in [-0.39, 0.29) is 5.91 Å². The third kappa shape index (κ3) is 3.94. The highest BCUT2D eigenvalue weighted by atomic mass is 16.1. The number of amides is 1. The van der Waals surface area contributed by atoms with Crippen LogP contribution in [0, 0.1) is 5.92 Å². The first-order valence-electron chi connectivity index (χ1n) is 9.34. The van der Waals surface area contributed by atoms with Gasteiger partial charge >= 0.3 is 0 Å². The molecule has 0 bridgehead atoms. The highest BCUT2D eigenvalue weighted by Crippen LogP contribution is 2.23. The molecule has 4 rings (SSSR count). The van der Waals surface area contributed by atoms with Gasteiger partial charge in [0.2, 0.25) is 5.91 Å². The lowest BCUT2D eigenvalue weighted by Crippen LogP contribution is -2.28. The van der Waals surface area contributed by atoms with E-state index in [4.69, 9.17) is 0 Å². The fourth-order valence-corrected chi connectivity index (χ4v) is 3.56. The number of nitrogens with zero attached hydrogens (tertiary/aromatic N) is 1. The zero-order chi connectivity index (χ0) is 17.8. The number of hydrogen-bond donors (Lipinski definition) is 3. The molecule has 0 unspecified atom stereocenters. The number of benzene rings is 2. The van der Waals surface area contributed by atoms with E-state index in [1.807, 2.05) is 48.5 Å². The summed E-state index contributed by atoms with van der Waals surface area (Å²) in [5.41, 5.74) is 3.74. The first-order valence-corrected chi connectivity index (χ1v) is 9.34. The van der Waals surface area contributed by atoms with Crippen LogP contribution >= 0.6 is 0 Å². The minimum atomic E-state index is 0.0882. The van der Waals surface area contributed by atoms with Crippen LogP contribution in [0.25, 0.3) is 22.4 Å². The Morgan fingerprint density at radius 2 is 1.96 bits per heavy atom. The van der Waals surface area contributed by atoms with Crippen LogP contribution in [0.5, 0.6) is 0 Å². The van der Waals surface area contributed by atoms with Crippen molar-refractivity contribution in [2.24, 2.45) is 5.92 Å². The molecular formula is C21H24N4O. The molecule has 5 nitrogen and oxygen atoms in total. The number of carbonyl (C=O) groups is 1. The summed E-state index contributed by atoms with van der Waals surface area (Å²) in [5, 5.41) is 6.39. The Morgan fingerprint density at radius 3 is 2.81 bits per heavy atom. The normalized spacial score (nSPS) is 15.2. The van der Waals surface area contributed by atoms with Crippen molar-refractivity contribution in [3.8, 4) is 11.4 Å². The summed E-state index contributed by atoms with van der Waals surface area (Å²) in [6.45, 7) is 2.15. The van der Waals surface area contributed by atoms with E-state index in [0.717, 1.165) is 47.6 Å². The number of piperidine rings is 1. The summed E-state index contributed by atoms with van der Waals surface area (Å²) in [6.07, 6.45) is 3.90. The highest BCUT2D eigenvalue weighted by Gasteiger charge is 2.14. The average Bonchev–Trinajstić information content (AvgIpc) is 3.12. The first kappa shape index (κ1) is 16.8. The standard InChI is InChI=1S/C21H24N4O/c26-20(9-8-15-10-12-22-13-11-15)23-17-5-3-4-16(14-17)21-24-18-6-1-2-7-19(18)25-21/h1-7,14-15,22H,8-13H2,(H,23,26)(H,24,25). The van der Waals surface area contributed by atoms with Gasteiger partial charge in [0.25, 0.3) is 0 Å². The number of rotatable bonds is 5. The topological polar surface area (TPSA) is 69.8 Å². The molecule has 0 saturated carbocycles. The predicted octanol–water partition coefficient (Wildman–Crippen LogP) is 3.95. The molecule has 1 fully saturated rings. The molecule has 0 aliphatic carbocycles. The molecule has 2 heterocycles. The number of aromatic nitrogens is 2. The van der Waals surface area contributed by atoms with Gasteiger partial charge in [0.15, 0.2) is 0 Å². The van der Waals surface area contributed by atoms with Crippen molar-refractivity contribution < 1.29 is 4.79 Å². The fourth-order valence-electron chi connectivity index (χ4n) is 3.56. The highest BCUT2D eigenvalue weighted by molar-refractivity contribution is 5.91. The Morgan fingerprint density at radius 1 is 1.12 bits per heavy atom. The van der Waals surface area contributed by atoms with Gasteiger partial charge in [-0.25, -0.2) is 4.98 Å². The second-order valence-electron chi connectivity index (χ2n) is 6.96. The largest absolute Gasteiger partial charge is 0.338 e. The Bertz CT molecular complexity index is 863. The Hall–Kier alpha value is -2.66. The van der Waals surface area contributed by atoms with Crippen LogP contribution in [0.1, 0.15) is 25.7 Å². The minimum absolute atomic E-state index is 0.0882. The molecule has 3 N–H and O–H groups in total. The summed E-state index contributed by atoms with van der Waals surface area (Å²) in [6, 6.07) is 15.8. The molecule has 134 valence electrons. The van der Waals surface area contributed by atoms with Crippen LogP contribution in [0.2, 0.25) is 0 Å². The van der Waals surface area contributed by atoms with Crippen molar-refractivity contribution in [1.82, 2.24) is 15.3 Å². The van der Waals surface area contributed by atoms with E-state index in [1.54, 1.807) is 0 Å². The second kappa shape index (κ2) is 7.70. The maximum Gasteiger partial charge on any atom is 0.224 e. The molecule has 0 atom stereocenters. The zero-order valence-electron chi connectivity index (χ0n) is 14.8. The van der Waals surface area contributed by atoms with Gasteiger partial charge in [0.05, 0.1) is 11.0 Å². The molecule has 1 aromatic heterocycles. The average molecular weight is 348 g/mol. The number of fused-ring (bicyclic) bond motifs is 1. The molecule has 1 aliphatic heterocycles. The number of imidazole rings is 1. The van der Waals surface area contributed by atoms with Crippen LogP contribution < -0.4 is 10.6 Å². The van der Waals surface area contributed by atoms with Crippen LogP contribution in [0.3, 0.4) is 0 Å². The van der Waals surface area contributed by atoms with Crippen molar-refractivity contribution in [2.45, 2.75) is 25.7 Å². The minimum Gasteiger partial charge on any atom is -0.338 e.